The van der Waals surface area contributed by atoms with Gasteiger partial charge in [-0.3, -0.25) is 14.5 Å². The molecule has 0 spiro atoms. The average Bonchev–Trinajstić information content (AvgIpc) is 3.08. The molecule has 144 valence electrons. The van der Waals surface area contributed by atoms with Crippen molar-refractivity contribution < 1.29 is 14.1 Å². The molecule has 0 atom stereocenters. The Morgan fingerprint density at radius 1 is 1.27 bits per heavy atom. The zero-order chi connectivity index (χ0) is 19.3. The predicted octanol–water partition coefficient (Wildman–Crippen LogP) is 1.05. The van der Waals surface area contributed by atoms with Gasteiger partial charge in [0.05, 0.1) is 13.1 Å². The van der Waals surface area contributed by atoms with Crippen LogP contribution in [0.5, 0.6) is 0 Å². The van der Waals surface area contributed by atoms with Gasteiger partial charge in [0, 0.05) is 38.1 Å². The Morgan fingerprint density at radius 2 is 1.92 bits per heavy atom. The molecule has 2 amide bonds. The van der Waals surface area contributed by atoms with Gasteiger partial charge in [-0.2, -0.15) is 4.98 Å². The molecule has 2 heterocycles. The van der Waals surface area contributed by atoms with E-state index in [9.17, 15) is 9.59 Å². The van der Waals surface area contributed by atoms with Crippen molar-refractivity contribution in [1.82, 2.24) is 24.8 Å². The Hall–Kier alpha value is -2.22. The van der Waals surface area contributed by atoms with Gasteiger partial charge in [-0.25, -0.2) is 0 Å². The third-order valence-electron chi connectivity index (χ3n) is 4.39. The zero-order valence-corrected chi connectivity index (χ0v) is 16.2. The highest BCUT2D eigenvalue weighted by molar-refractivity contribution is 5.90. The van der Waals surface area contributed by atoms with E-state index in [1.54, 1.807) is 4.90 Å². The summed E-state index contributed by atoms with van der Waals surface area (Å²) in [5, 5.41) is 4.05. The second kappa shape index (κ2) is 8.44. The normalized spacial score (nSPS) is 15.8. The van der Waals surface area contributed by atoms with Crippen molar-refractivity contribution in [2.75, 3.05) is 39.3 Å². The monoisotopic (exact) mass is 363 g/mol. The van der Waals surface area contributed by atoms with Gasteiger partial charge in [0.2, 0.25) is 17.7 Å². The van der Waals surface area contributed by atoms with Gasteiger partial charge in [-0.1, -0.05) is 32.5 Å². The molecule has 0 radical (unpaired) electrons. The molecule has 0 saturated carbocycles. The molecule has 8 heteroatoms. The standard InChI is InChI=1S/C18H29N5O3/c1-6-15(24)22(7-2)13-16(25)23-10-8-21(9-11-23)12-14-19-17(26-20-14)18(3,4)5/h6H,1,7-13H2,2-5H3. The first-order chi connectivity index (χ1) is 12.2. The lowest BCUT2D eigenvalue weighted by atomic mass is 9.97. The minimum absolute atomic E-state index is 0.0312. The highest BCUT2D eigenvalue weighted by atomic mass is 16.5. The lowest BCUT2D eigenvalue weighted by Gasteiger charge is -2.35. The molecular formula is C18H29N5O3. The first-order valence-electron chi connectivity index (χ1n) is 8.99. The number of piperazine rings is 1. The summed E-state index contributed by atoms with van der Waals surface area (Å²) < 4.78 is 5.32. The van der Waals surface area contributed by atoms with Crippen molar-refractivity contribution >= 4 is 11.8 Å². The minimum Gasteiger partial charge on any atom is -0.339 e. The van der Waals surface area contributed by atoms with Crippen LogP contribution in [0.4, 0.5) is 0 Å². The summed E-state index contributed by atoms with van der Waals surface area (Å²) in [5.41, 5.74) is -0.162. The van der Waals surface area contributed by atoms with Crippen molar-refractivity contribution in [3.05, 3.63) is 24.4 Å². The van der Waals surface area contributed by atoms with Crippen LogP contribution < -0.4 is 0 Å². The maximum absolute atomic E-state index is 12.4. The summed E-state index contributed by atoms with van der Waals surface area (Å²) in [5.74, 6) is 1.05. The number of rotatable bonds is 6. The average molecular weight is 363 g/mol. The molecular weight excluding hydrogens is 334 g/mol. The number of carbonyl (C=O) groups excluding carboxylic acids is 2. The van der Waals surface area contributed by atoms with Gasteiger partial charge < -0.3 is 14.3 Å². The quantitative estimate of drug-likeness (QED) is 0.703. The fourth-order valence-electron chi connectivity index (χ4n) is 2.72. The van der Waals surface area contributed by atoms with E-state index in [2.05, 4.69) is 21.6 Å². The van der Waals surface area contributed by atoms with E-state index in [1.165, 1.54) is 11.0 Å². The van der Waals surface area contributed by atoms with Crippen LogP contribution in [0.25, 0.3) is 0 Å². The molecule has 26 heavy (non-hydrogen) atoms. The Kier molecular flexibility index (Phi) is 6.52. The first kappa shape index (κ1) is 20.1. The third-order valence-corrected chi connectivity index (χ3v) is 4.39. The SMILES string of the molecule is C=CC(=O)N(CC)CC(=O)N1CCN(Cc2noc(C(C)(C)C)n2)CC1. The van der Waals surface area contributed by atoms with Crippen LogP contribution >= 0.6 is 0 Å². The highest BCUT2D eigenvalue weighted by Crippen LogP contribution is 2.20. The zero-order valence-electron chi connectivity index (χ0n) is 16.2. The van der Waals surface area contributed by atoms with Gasteiger partial charge in [-0.15, -0.1) is 0 Å². The van der Waals surface area contributed by atoms with Gasteiger partial charge in [0.15, 0.2) is 5.82 Å². The predicted molar refractivity (Wildman–Crippen MR) is 97.3 cm³/mol. The van der Waals surface area contributed by atoms with Gasteiger partial charge >= 0.3 is 0 Å². The van der Waals surface area contributed by atoms with Crippen LogP contribution in [0.2, 0.25) is 0 Å². The van der Waals surface area contributed by atoms with E-state index >= 15 is 0 Å². The largest absolute Gasteiger partial charge is 0.339 e. The van der Waals surface area contributed by atoms with Crippen LogP contribution in [-0.2, 0) is 21.5 Å². The molecule has 0 unspecified atom stereocenters. The number of hydrogen-bond acceptors (Lipinski definition) is 6. The second-order valence-electron chi connectivity index (χ2n) is 7.48. The molecule has 1 aliphatic heterocycles. The first-order valence-corrected chi connectivity index (χ1v) is 8.99. The number of hydrogen-bond donors (Lipinski definition) is 0. The van der Waals surface area contributed by atoms with Crippen LogP contribution in [-0.4, -0.2) is 75.9 Å². The maximum atomic E-state index is 12.4. The van der Waals surface area contributed by atoms with Crippen molar-refractivity contribution in [3.63, 3.8) is 0 Å². The molecule has 1 aliphatic rings. The number of carbonyl (C=O) groups is 2. The lowest BCUT2D eigenvalue weighted by molar-refractivity contribution is -0.139. The van der Waals surface area contributed by atoms with Crippen LogP contribution in [0.1, 0.15) is 39.4 Å². The molecule has 2 rings (SSSR count). The van der Waals surface area contributed by atoms with Crippen LogP contribution in [0, 0.1) is 0 Å². The Balaban J connectivity index is 1.83. The summed E-state index contributed by atoms with van der Waals surface area (Å²) in [7, 11) is 0. The fourth-order valence-corrected chi connectivity index (χ4v) is 2.72. The molecule has 0 N–H and O–H groups in total. The third kappa shape index (κ3) is 5.14. The summed E-state index contributed by atoms with van der Waals surface area (Å²) in [6.45, 7) is 15.4. The number of amides is 2. The Labute approximate surface area is 154 Å². The van der Waals surface area contributed by atoms with E-state index in [1.807, 2.05) is 27.7 Å². The maximum Gasteiger partial charge on any atom is 0.246 e. The molecule has 0 bridgehead atoms. The van der Waals surface area contributed by atoms with E-state index < -0.39 is 0 Å². The topological polar surface area (TPSA) is 82.8 Å². The lowest BCUT2D eigenvalue weighted by Crippen LogP contribution is -2.51. The van der Waals surface area contributed by atoms with Crippen molar-refractivity contribution in [2.24, 2.45) is 0 Å². The fraction of sp³-hybridized carbons (Fsp3) is 0.667. The van der Waals surface area contributed by atoms with E-state index in [0.717, 1.165) is 13.1 Å². The molecule has 1 aromatic heterocycles. The number of nitrogens with zero attached hydrogens (tertiary/aromatic N) is 5. The van der Waals surface area contributed by atoms with Crippen molar-refractivity contribution in [1.29, 1.82) is 0 Å². The summed E-state index contributed by atoms with van der Waals surface area (Å²) in [4.78, 5) is 34.1. The molecule has 8 nitrogen and oxygen atoms in total. The Morgan fingerprint density at radius 3 is 2.42 bits per heavy atom. The van der Waals surface area contributed by atoms with E-state index in [0.29, 0.717) is 37.9 Å². The van der Waals surface area contributed by atoms with Gasteiger partial charge in [-0.05, 0) is 13.0 Å². The van der Waals surface area contributed by atoms with E-state index in [-0.39, 0.29) is 23.8 Å². The molecule has 1 saturated heterocycles. The number of aromatic nitrogens is 2. The Bertz CT molecular complexity index is 641. The summed E-state index contributed by atoms with van der Waals surface area (Å²) in [6.07, 6.45) is 1.24. The minimum atomic E-state index is -0.216. The molecule has 1 aromatic rings. The van der Waals surface area contributed by atoms with E-state index in [4.69, 9.17) is 4.52 Å². The smallest absolute Gasteiger partial charge is 0.246 e. The molecule has 0 aliphatic carbocycles. The summed E-state index contributed by atoms with van der Waals surface area (Å²) in [6, 6.07) is 0. The summed E-state index contributed by atoms with van der Waals surface area (Å²) >= 11 is 0. The van der Waals surface area contributed by atoms with Crippen molar-refractivity contribution in [2.45, 2.75) is 39.7 Å². The number of likely N-dealkylation sites (N-methyl/N-ethyl adjacent to an activating group) is 1. The highest BCUT2D eigenvalue weighted by Gasteiger charge is 2.26. The van der Waals surface area contributed by atoms with Crippen LogP contribution in [0.3, 0.4) is 0 Å². The van der Waals surface area contributed by atoms with Crippen molar-refractivity contribution in [3.8, 4) is 0 Å². The van der Waals surface area contributed by atoms with Gasteiger partial charge in [0.1, 0.15) is 0 Å². The van der Waals surface area contributed by atoms with Gasteiger partial charge in [0.25, 0.3) is 0 Å². The molecule has 0 aromatic carbocycles. The van der Waals surface area contributed by atoms with Crippen LogP contribution in [0.15, 0.2) is 17.2 Å². The second-order valence-corrected chi connectivity index (χ2v) is 7.48. The molecule has 1 fully saturated rings.